The number of thioether (sulfide) groups is 1. The lowest BCUT2D eigenvalue weighted by molar-refractivity contribution is -0.136. The van der Waals surface area contributed by atoms with E-state index in [9.17, 15) is 9.59 Å². The minimum absolute atomic E-state index is 0.0782. The van der Waals surface area contributed by atoms with Crippen molar-refractivity contribution in [2.75, 3.05) is 31.9 Å². The Labute approximate surface area is 134 Å². The molecular formula is C14H21N5O2S. The maximum Gasteiger partial charge on any atom is 0.233 e. The summed E-state index contributed by atoms with van der Waals surface area (Å²) in [7, 11) is 0. The Kier molecular flexibility index (Phi) is 4.37. The van der Waals surface area contributed by atoms with Crippen molar-refractivity contribution < 1.29 is 9.59 Å². The molecule has 2 aliphatic rings. The van der Waals surface area contributed by atoms with Gasteiger partial charge in [-0.25, -0.2) is 0 Å². The van der Waals surface area contributed by atoms with Gasteiger partial charge in [0.15, 0.2) is 5.16 Å². The number of piperazine rings is 1. The van der Waals surface area contributed by atoms with Crippen molar-refractivity contribution in [2.45, 2.75) is 37.9 Å². The van der Waals surface area contributed by atoms with Gasteiger partial charge in [0.25, 0.3) is 0 Å². The zero-order valence-electron chi connectivity index (χ0n) is 13.0. The molecular weight excluding hydrogens is 302 g/mol. The molecule has 0 radical (unpaired) electrons. The molecule has 0 spiro atoms. The van der Waals surface area contributed by atoms with E-state index >= 15 is 0 Å². The molecule has 0 bridgehead atoms. The van der Waals surface area contributed by atoms with Gasteiger partial charge in [0, 0.05) is 39.1 Å². The van der Waals surface area contributed by atoms with E-state index in [1.807, 2.05) is 11.8 Å². The van der Waals surface area contributed by atoms with Crippen LogP contribution in [0.2, 0.25) is 0 Å². The smallest absolute Gasteiger partial charge is 0.233 e. The summed E-state index contributed by atoms with van der Waals surface area (Å²) in [5.74, 6) is 1.49. The van der Waals surface area contributed by atoms with Gasteiger partial charge in [-0.15, -0.1) is 10.2 Å². The summed E-state index contributed by atoms with van der Waals surface area (Å²) < 4.78 is 2.14. The average molecular weight is 323 g/mol. The van der Waals surface area contributed by atoms with Crippen LogP contribution < -0.4 is 0 Å². The third kappa shape index (κ3) is 3.26. The van der Waals surface area contributed by atoms with Crippen LogP contribution in [0.25, 0.3) is 0 Å². The Balaban J connectivity index is 1.52. The summed E-state index contributed by atoms with van der Waals surface area (Å²) in [5.41, 5.74) is 0. The van der Waals surface area contributed by atoms with Crippen LogP contribution in [0.5, 0.6) is 0 Å². The molecule has 1 aromatic rings. The molecule has 22 heavy (non-hydrogen) atoms. The van der Waals surface area contributed by atoms with Crippen molar-refractivity contribution in [1.29, 1.82) is 0 Å². The van der Waals surface area contributed by atoms with E-state index in [-0.39, 0.29) is 11.8 Å². The molecule has 3 rings (SSSR count). The van der Waals surface area contributed by atoms with Gasteiger partial charge in [0.05, 0.1) is 5.75 Å². The van der Waals surface area contributed by atoms with Crippen LogP contribution in [0.1, 0.15) is 31.6 Å². The van der Waals surface area contributed by atoms with E-state index < -0.39 is 0 Å². The zero-order chi connectivity index (χ0) is 15.7. The van der Waals surface area contributed by atoms with E-state index in [2.05, 4.69) is 14.8 Å². The van der Waals surface area contributed by atoms with Crippen molar-refractivity contribution in [3.8, 4) is 0 Å². The lowest BCUT2D eigenvalue weighted by Gasteiger charge is -2.34. The summed E-state index contributed by atoms with van der Waals surface area (Å²) in [6, 6.07) is 0.520. The van der Waals surface area contributed by atoms with Crippen LogP contribution in [-0.4, -0.2) is 68.3 Å². The maximum absolute atomic E-state index is 12.3. The molecule has 0 unspecified atom stereocenters. The van der Waals surface area contributed by atoms with Crippen molar-refractivity contribution >= 4 is 23.6 Å². The Morgan fingerprint density at radius 1 is 1.14 bits per heavy atom. The highest BCUT2D eigenvalue weighted by Crippen LogP contribution is 2.38. The topological polar surface area (TPSA) is 71.3 Å². The average Bonchev–Trinajstić information content (AvgIpc) is 3.28. The summed E-state index contributed by atoms with van der Waals surface area (Å²) in [4.78, 5) is 27.2. The lowest BCUT2D eigenvalue weighted by atomic mass is 10.3. The summed E-state index contributed by atoms with van der Waals surface area (Å²) in [6.07, 6.45) is 2.35. The van der Waals surface area contributed by atoms with Gasteiger partial charge in [0.1, 0.15) is 5.82 Å². The van der Waals surface area contributed by atoms with Gasteiger partial charge in [-0.3, -0.25) is 9.59 Å². The largest absolute Gasteiger partial charge is 0.339 e. The summed E-state index contributed by atoms with van der Waals surface area (Å²) >= 11 is 1.46. The molecule has 7 nitrogen and oxygen atoms in total. The number of carbonyl (C=O) groups excluding carboxylic acids is 2. The van der Waals surface area contributed by atoms with Crippen LogP contribution in [0.4, 0.5) is 0 Å². The number of amides is 2. The van der Waals surface area contributed by atoms with Crippen molar-refractivity contribution in [1.82, 2.24) is 24.6 Å². The maximum atomic E-state index is 12.3. The van der Waals surface area contributed by atoms with Crippen LogP contribution in [0.15, 0.2) is 5.16 Å². The van der Waals surface area contributed by atoms with Crippen LogP contribution >= 0.6 is 11.8 Å². The monoisotopic (exact) mass is 323 g/mol. The van der Waals surface area contributed by atoms with Crippen LogP contribution in [0.3, 0.4) is 0 Å². The fraction of sp³-hybridized carbons (Fsp3) is 0.714. The molecule has 8 heteroatoms. The summed E-state index contributed by atoms with van der Waals surface area (Å²) in [6.45, 7) is 6.02. The van der Waals surface area contributed by atoms with Crippen LogP contribution in [0, 0.1) is 6.92 Å². The lowest BCUT2D eigenvalue weighted by Crippen LogP contribution is -2.50. The Morgan fingerprint density at radius 2 is 1.77 bits per heavy atom. The van der Waals surface area contributed by atoms with Crippen LogP contribution in [-0.2, 0) is 9.59 Å². The number of rotatable bonds is 4. The van der Waals surface area contributed by atoms with E-state index in [0.29, 0.717) is 38.0 Å². The Morgan fingerprint density at radius 3 is 2.36 bits per heavy atom. The quantitative estimate of drug-likeness (QED) is 0.763. The zero-order valence-corrected chi connectivity index (χ0v) is 13.8. The molecule has 0 atom stereocenters. The second-order valence-corrected chi connectivity index (χ2v) is 6.75. The third-order valence-corrected chi connectivity index (χ3v) is 5.08. The molecule has 2 fully saturated rings. The van der Waals surface area contributed by atoms with Crippen molar-refractivity contribution in [3.05, 3.63) is 5.82 Å². The third-order valence-electron chi connectivity index (χ3n) is 4.15. The van der Waals surface area contributed by atoms with Crippen molar-refractivity contribution in [3.63, 3.8) is 0 Å². The highest BCUT2D eigenvalue weighted by atomic mass is 32.2. The molecule has 120 valence electrons. The molecule has 1 saturated carbocycles. The molecule has 0 N–H and O–H groups in total. The predicted molar refractivity (Wildman–Crippen MR) is 82.6 cm³/mol. The second-order valence-electron chi connectivity index (χ2n) is 5.81. The predicted octanol–water partition coefficient (Wildman–Crippen LogP) is 0.704. The first-order chi connectivity index (χ1) is 10.6. The molecule has 1 saturated heterocycles. The molecule has 2 heterocycles. The van der Waals surface area contributed by atoms with Gasteiger partial charge in [-0.2, -0.15) is 0 Å². The number of hydrogen-bond acceptors (Lipinski definition) is 5. The van der Waals surface area contributed by atoms with Gasteiger partial charge >= 0.3 is 0 Å². The van der Waals surface area contributed by atoms with E-state index in [4.69, 9.17) is 0 Å². The minimum Gasteiger partial charge on any atom is -0.339 e. The number of carbonyl (C=O) groups is 2. The number of nitrogens with zero attached hydrogens (tertiary/aromatic N) is 5. The first kappa shape index (κ1) is 15.3. The van der Waals surface area contributed by atoms with E-state index in [0.717, 1.165) is 11.0 Å². The van der Waals surface area contributed by atoms with Gasteiger partial charge in [-0.1, -0.05) is 11.8 Å². The minimum atomic E-state index is 0.0782. The number of aryl methyl sites for hydroxylation is 1. The van der Waals surface area contributed by atoms with E-state index in [1.165, 1.54) is 24.6 Å². The molecule has 0 aromatic carbocycles. The second kappa shape index (κ2) is 6.28. The summed E-state index contributed by atoms with van der Waals surface area (Å²) in [5, 5.41) is 9.15. The Bertz CT molecular complexity index is 576. The number of hydrogen-bond donors (Lipinski definition) is 0. The molecule has 1 aromatic heterocycles. The fourth-order valence-electron chi connectivity index (χ4n) is 2.69. The first-order valence-corrected chi connectivity index (χ1v) is 8.62. The van der Waals surface area contributed by atoms with E-state index in [1.54, 1.807) is 11.8 Å². The Hall–Kier alpha value is -1.57. The highest BCUT2D eigenvalue weighted by Gasteiger charge is 2.29. The highest BCUT2D eigenvalue weighted by molar-refractivity contribution is 7.99. The standard InChI is InChI=1S/C14H21N5O2S/c1-10-15-16-14(19(10)12-3-4-12)22-9-13(21)18-7-5-17(6-8-18)11(2)20/h12H,3-9H2,1-2H3. The fourth-order valence-corrected chi connectivity index (χ4v) is 3.64. The normalized spacial score (nSPS) is 18.6. The van der Waals surface area contributed by atoms with Gasteiger partial charge < -0.3 is 14.4 Å². The molecule has 1 aliphatic heterocycles. The SMILES string of the molecule is CC(=O)N1CCN(C(=O)CSc2nnc(C)n2C2CC2)CC1. The molecule has 1 aliphatic carbocycles. The van der Waals surface area contributed by atoms with Gasteiger partial charge in [0.2, 0.25) is 11.8 Å². The first-order valence-electron chi connectivity index (χ1n) is 7.64. The molecule has 2 amide bonds. The number of aromatic nitrogens is 3. The van der Waals surface area contributed by atoms with Crippen molar-refractivity contribution in [2.24, 2.45) is 0 Å². The van der Waals surface area contributed by atoms with Gasteiger partial charge in [-0.05, 0) is 19.8 Å².